The molecule has 1 amide bonds. The van der Waals surface area contributed by atoms with Gasteiger partial charge in [-0.15, -0.1) is 0 Å². The number of nitrogens with one attached hydrogen (secondary N) is 1. The summed E-state index contributed by atoms with van der Waals surface area (Å²) in [6.07, 6.45) is 5.80. The topological polar surface area (TPSA) is 84.2 Å². The van der Waals surface area contributed by atoms with Gasteiger partial charge in [0.1, 0.15) is 0 Å². The fraction of sp³-hybridized carbons (Fsp3) is 0.706. The van der Waals surface area contributed by atoms with Gasteiger partial charge in [-0.2, -0.15) is 5.10 Å². The molecule has 6 heteroatoms. The van der Waals surface area contributed by atoms with E-state index >= 15 is 0 Å². The summed E-state index contributed by atoms with van der Waals surface area (Å²) in [6, 6.07) is -0.306. The van der Waals surface area contributed by atoms with Crippen LogP contribution in [0.25, 0.3) is 0 Å². The van der Waals surface area contributed by atoms with Crippen molar-refractivity contribution >= 4 is 11.9 Å². The van der Waals surface area contributed by atoms with Crippen molar-refractivity contribution in [1.29, 1.82) is 0 Å². The van der Waals surface area contributed by atoms with E-state index in [1.54, 1.807) is 6.20 Å². The number of carboxylic acid groups (broad SMARTS) is 1. The molecule has 1 saturated carbocycles. The van der Waals surface area contributed by atoms with Gasteiger partial charge in [0.2, 0.25) is 0 Å². The zero-order chi connectivity index (χ0) is 17.2. The number of hydrogen-bond acceptors (Lipinski definition) is 3. The highest BCUT2D eigenvalue weighted by molar-refractivity contribution is 5.95. The van der Waals surface area contributed by atoms with Gasteiger partial charge in [0.25, 0.3) is 5.91 Å². The molecular weight excluding hydrogens is 294 g/mol. The van der Waals surface area contributed by atoms with Crippen molar-refractivity contribution in [1.82, 2.24) is 15.1 Å². The molecule has 0 unspecified atom stereocenters. The van der Waals surface area contributed by atoms with Crippen LogP contribution in [0.3, 0.4) is 0 Å². The largest absolute Gasteiger partial charge is 0.481 e. The summed E-state index contributed by atoms with van der Waals surface area (Å²) in [7, 11) is 0. The molecule has 1 aromatic heterocycles. The maximum absolute atomic E-state index is 12.6. The van der Waals surface area contributed by atoms with Gasteiger partial charge < -0.3 is 10.4 Å². The monoisotopic (exact) mass is 321 g/mol. The predicted molar refractivity (Wildman–Crippen MR) is 87.4 cm³/mol. The van der Waals surface area contributed by atoms with Gasteiger partial charge in [0, 0.05) is 11.7 Å². The summed E-state index contributed by atoms with van der Waals surface area (Å²) in [6.45, 7) is 7.95. The smallest absolute Gasteiger partial charge is 0.308 e. The Bertz CT molecular complexity index is 586. The molecule has 0 bridgehead atoms. The van der Waals surface area contributed by atoms with Crippen molar-refractivity contribution < 1.29 is 14.7 Å². The number of aliphatic carboxylic acids is 1. The van der Waals surface area contributed by atoms with Crippen LogP contribution in [0.4, 0.5) is 0 Å². The van der Waals surface area contributed by atoms with Crippen molar-refractivity contribution in [2.45, 2.75) is 71.4 Å². The van der Waals surface area contributed by atoms with Crippen LogP contribution in [0.2, 0.25) is 0 Å². The quantitative estimate of drug-likeness (QED) is 0.838. The number of aromatic nitrogens is 2. The van der Waals surface area contributed by atoms with Gasteiger partial charge in [-0.05, 0) is 40.5 Å². The summed E-state index contributed by atoms with van der Waals surface area (Å²) < 4.78 is 1.82. The molecule has 1 aromatic rings. The van der Waals surface area contributed by atoms with E-state index in [9.17, 15) is 14.7 Å². The van der Waals surface area contributed by atoms with E-state index in [0.29, 0.717) is 12.0 Å². The van der Waals surface area contributed by atoms with Crippen molar-refractivity contribution in [2.24, 2.45) is 5.92 Å². The number of rotatable bonds is 3. The van der Waals surface area contributed by atoms with E-state index in [2.05, 4.69) is 10.4 Å². The zero-order valence-electron chi connectivity index (χ0n) is 14.4. The van der Waals surface area contributed by atoms with Crippen molar-refractivity contribution in [3.8, 4) is 0 Å². The number of carbonyl (C=O) groups is 2. The SMILES string of the molecule is Cc1c(C(=O)N[C@H]2CCCCC[C@H]2C(=O)O)cnn1C(C)(C)C. The summed E-state index contributed by atoms with van der Waals surface area (Å²) >= 11 is 0. The molecule has 6 nitrogen and oxygen atoms in total. The van der Waals surface area contributed by atoms with Crippen LogP contribution in [0, 0.1) is 12.8 Å². The Kier molecular flexibility index (Phi) is 5.12. The fourth-order valence-corrected chi connectivity index (χ4v) is 3.33. The second kappa shape index (κ2) is 6.72. The van der Waals surface area contributed by atoms with Gasteiger partial charge in [-0.25, -0.2) is 0 Å². The normalized spacial score (nSPS) is 22.4. The Morgan fingerprint density at radius 3 is 2.48 bits per heavy atom. The highest BCUT2D eigenvalue weighted by Crippen LogP contribution is 2.25. The van der Waals surface area contributed by atoms with E-state index in [1.165, 1.54) is 0 Å². The van der Waals surface area contributed by atoms with E-state index in [1.807, 2.05) is 32.4 Å². The summed E-state index contributed by atoms with van der Waals surface area (Å²) in [5.41, 5.74) is 1.12. The van der Waals surface area contributed by atoms with Crippen LogP contribution in [0.15, 0.2) is 6.20 Å². The van der Waals surface area contributed by atoms with Crippen LogP contribution in [-0.4, -0.2) is 32.8 Å². The third kappa shape index (κ3) is 3.92. The van der Waals surface area contributed by atoms with Crippen molar-refractivity contribution in [2.75, 3.05) is 0 Å². The molecule has 0 aliphatic heterocycles. The minimum Gasteiger partial charge on any atom is -0.481 e. The van der Waals surface area contributed by atoms with E-state index in [4.69, 9.17) is 0 Å². The Labute approximate surface area is 137 Å². The number of nitrogens with zero attached hydrogens (tertiary/aromatic N) is 2. The molecule has 1 aliphatic carbocycles. The first-order valence-corrected chi connectivity index (χ1v) is 8.30. The van der Waals surface area contributed by atoms with Crippen LogP contribution in [-0.2, 0) is 10.3 Å². The average Bonchev–Trinajstić information content (AvgIpc) is 2.68. The highest BCUT2D eigenvalue weighted by atomic mass is 16.4. The molecular formula is C17H27N3O3. The average molecular weight is 321 g/mol. The molecule has 0 spiro atoms. The van der Waals surface area contributed by atoms with Gasteiger partial charge in [0.15, 0.2) is 0 Å². The maximum atomic E-state index is 12.6. The lowest BCUT2D eigenvalue weighted by molar-refractivity contribution is -0.142. The molecule has 1 aliphatic rings. The Morgan fingerprint density at radius 1 is 1.26 bits per heavy atom. The van der Waals surface area contributed by atoms with Gasteiger partial charge in [-0.1, -0.05) is 19.3 Å². The molecule has 128 valence electrons. The van der Waals surface area contributed by atoms with Gasteiger partial charge >= 0.3 is 5.97 Å². The number of amides is 1. The minimum atomic E-state index is -0.820. The first-order chi connectivity index (χ1) is 10.7. The van der Waals surface area contributed by atoms with E-state index in [-0.39, 0.29) is 17.5 Å². The minimum absolute atomic E-state index is 0.200. The molecule has 2 rings (SSSR count). The van der Waals surface area contributed by atoms with Crippen LogP contribution < -0.4 is 5.32 Å². The summed E-state index contributed by atoms with van der Waals surface area (Å²) in [5.74, 6) is -1.55. The first kappa shape index (κ1) is 17.5. The Hall–Kier alpha value is -1.85. The van der Waals surface area contributed by atoms with Gasteiger partial charge in [-0.3, -0.25) is 14.3 Å². The molecule has 23 heavy (non-hydrogen) atoms. The van der Waals surface area contributed by atoms with Crippen LogP contribution >= 0.6 is 0 Å². The molecule has 2 atom stereocenters. The lowest BCUT2D eigenvalue weighted by Gasteiger charge is -2.23. The van der Waals surface area contributed by atoms with E-state index < -0.39 is 11.9 Å². The molecule has 0 saturated heterocycles. The molecule has 0 aromatic carbocycles. The number of hydrogen-bond donors (Lipinski definition) is 2. The number of carboxylic acids is 1. The predicted octanol–water partition coefficient (Wildman–Crippen LogP) is 2.71. The van der Waals surface area contributed by atoms with Gasteiger partial charge in [0.05, 0.1) is 23.2 Å². The second-order valence-electron chi connectivity index (χ2n) is 7.39. The molecule has 1 fully saturated rings. The Balaban J connectivity index is 2.17. The zero-order valence-corrected chi connectivity index (χ0v) is 14.4. The molecule has 2 N–H and O–H groups in total. The third-order valence-electron chi connectivity index (χ3n) is 4.54. The second-order valence-corrected chi connectivity index (χ2v) is 7.39. The maximum Gasteiger partial charge on any atom is 0.308 e. The van der Waals surface area contributed by atoms with Crippen molar-refractivity contribution in [3.63, 3.8) is 0 Å². The standard InChI is InChI=1S/C17H27N3O3/c1-11-13(10-18-20(11)17(2,3)4)15(21)19-14-9-7-5-6-8-12(14)16(22)23/h10,12,14H,5-9H2,1-4H3,(H,19,21)(H,22,23)/t12-,14+/m1/s1. The molecule has 0 radical (unpaired) electrons. The van der Waals surface area contributed by atoms with E-state index in [0.717, 1.165) is 31.4 Å². The molecule has 1 heterocycles. The summed E-state index contributed by atoms with van der Waals surface area (Å²) in [5, 5.41) is 16.7. The van der Waals surface area contributed by atoms with Crippen LogP contribution in [0.1, 0.15) is 68.9 Å². The fourth-order valence-electron chi connectivity index (χ4n) is 3.33. The van der Waals surface area contributed by atoms with Crippen molar-refractivity contribution in [3.05, 3.63) is 17.5 Å². The summed E-state index contributed by atoms with van der Waals surface area (Å²) in [4.78, 5) is 24.1. The first-order valence-electron chi connectivity index (χ1n) is 8.30. The third-order valence-corrected chi connectivity index (χ3v) is 4.54. The highest BCUT2D eigenvalue weighted by Gasteiger charge is 2.31. The Morgan fingerprint density at radius 2 is 1.91 bits per heavy atom. The van der Waals surface area contributed by atoms with Crippen LogP contribution in [0.5, 0.6) is 0 Å². The lowest BCUT2D eigenvalue weighted by Crippen LogP contribution is -2.43. The number of carbonyl (C=O) groups excluding carboxylic acids is 1. The lowest BCUT2D eigenvalue weighted by atomic mass is 9.94.